The zero-order valence-electron chi connectivity index (χ0n) is 16.0. The molecule has 0 saturated carbocycles. The van der Waals surface area contributed by atoms with E-state index in [1.165, 1.54) is 19.3 Å². The monoisotopic (exact) mass is 384 g/mol. The predicted molar refractivity (Wildman–Crippen MR) is 106 cm³/mol. The number of hydrogen-bond acceptors (Lipinski definition) is 6. The number of rotatable bonds is 7. The second-order valence-corrected chi connectivity index (χ2v) is 6.81. The van der Waals surface area contributed by atoms with Crippen molar-refractivity contribution in [3.05, 3.63) is 59.8 Å². The number of hydrogen-bond donors (Lipinski definition) is 1. The van der Waals surface area contributed by atoms with Crippen molar-refractivity contribution in [2.24, 2.45) is 0 Å². The van der Waals surface area contributed by atoms with Crippen LogP contribution in [0.25, 0.3) is 6.08 Å². The van der Waals surface area contributed by atoms with Gasteiger partial charge in [0.15, 0.2) is 0 Å². The van der Waals surface area contributed by atoms with Gasteiger partial charge in [-0.1, -0.05) is 18.2 Å². The Kier molecular flexibility index (Phi) is 7.08. The lowest BCUT2D eigenvalue weighted by atomic mass is 10.0. The van der Waals surface area contributed by atoms with Gasteiger partial charge in [-0.2, -0.15) is 0 Å². The number of nitrogens with zero attached hydrogens (tertiary/aromatic N) is 3. The lowest BCUT2D eigenvalue weighted by Gasteiger charge is -2.33. The van der Waals surface area contributed by atoms with Gasteiger partial charge in [0.05, 0.1) is 25.2 Å². The molecule has 2 aromatic rings. The third-order valence-electron chi connectivity index (χ3n) is 4.78. The molecule has 1 atom stereocenters. The molecule has 28 heavy (non-hydrogen) atoms. The first-order valence-electron chi connectivity index (χ1n) is 9.44. The van der Waals surface area contributed by atoms with Crippen LogP contribution >= 0.6 is 0 Å². The SMILES string of the molecule is COC(=O)/C=C/c1cnc(N[C@@H]2CCCN(CCc3ccccc3F)C2)cn1. The van der Waals surface area contributed by atoms with Gasteiger partial charge in [0, 0.05) is 25.2 Å². The Bertz CT molecular complexity index is 810. The maximum Gasteiger partial charge on any atom is 0.330 e. The van der Waals surface area contributed by atoms with E-state index < -0.39 is 5.97 Å². The van der Waals surface area contributed by atoms with E-state index in [1.807, 2.05) is 12.1 Å². The number of piperidine rings is 1. The molecule has 0 unspecified atom stereocenters. The van der Waals surface area contributed by atoms with E-state index in [2.05, 4.69) is 24.9 Å². The van der Waals surface area contributed by atoms with E-state index in [1.54, 1.807) is 24.5 Å². The molecule has 1 aliphatic rings. The first-order chi connectivity index (χ1) is 13.6. The molecule has 7 heteroatoms. The van der Waals surface area contributed by atoms with Crippen LogP contribution in [0.4, 0.5) is 10.2 Å². The number of likely N-dealkylation sites (tertiary alicyclic amines) is 1. The van der Waals surface area contributed by atoms with Gasteiger partial charge in [-0.25, -0.2) is 14.2 Å². The summed E-state index contributed by atoms with van der Waals surface area (Å²) in [6.45, 7) is 2.75. The number of benzene rings is 1. The summed E-state index contributed by atoms with van der Waals surface area (Å²) in [6, 6.07) is 7.23. The third-order valence-corrected chi connectivity index (χ3v) is 4.78. The second kappa shape index (κ2) is 9.94. The average molecular weight is 384 g/mol. The molecule has 1 aromatic heterocycles. The van der Waals surface area contributed by atoms with Crippen LogP contribution in [0.5, 0.6) is 0 Å². The fourth-order valence-electron chi connectivity index (χ4n) is 3.29. The minimum Gasteiger partial charge on any atom is -0.466 e. The van der Waals surface area contributed by atoms with Gasteiger partial charge in [-0.05, 0) is 43.5 Å². The number of ether oxygens (including phenoxy) is 1. The smallest absolute Gasteiger partial charge is 0.330 e. The van der Waals surface area contributed by atoms with Crippen molar-refractivity contribution in [2.45, 2.75) is 25.3 Å². The largest absolute Gasteiger partial charge is 0.466 e. The van der Waals surface area contributed by atoms with Crippen LogP contribution in [-0.2, 0) is 16.0 Å². The molecule has 1 aromatic carbocycles. The van der Waals surface area contributed by atoms with Crippen LogP contribution in [-0.4, -0.2) is 53.6 Å². The van der Waals surface area contributed by atoms with Crippen LogP contribution in [0.3, 0.4) is 0 Å². The minimum absolute atomic E-state index is 0.134. The molecular formula is C21H25FN4O2. The summed E-state index contributed by atoms with van der Waals surface area (Å²) >= 11 is 0. The van der Waals surface area contributed by atoms with Gasteiger partial charge < -0.3 is 15.0 Å². The maximum atomic E-state index is 13.8. The Labute approximate surface area is 164 Å². The zero-order valence-corrected chi connectivity index (χ0v) is 16.0. The minimum atomic E-state index is -0.429. The number of halogens is 1. The van der Waals surface area contributed by atoms with Gasteiger partial charge in [-0.3, -0.25) is 4.98 Å². The zero-order chi connectivity index (χ0) is 19.8. The summed E-state index contributed by atoms with van der Waals surface area (Å²) in [6.07, 6.45) is 9.00. The summed E-state index contributed by atoms with van der Waals surface area (Å²) in [4.78, 5) is 22.1. The first kappa shape index (κ1) is 19.9. The number of esters is 1. The standard InChI is InChI=1S/C21H25FN4O2/c1-28-21(27)9-8-17-13-24-20(14-23-17)25-18-6-4-11-26(15-18)12-10-16-5-2-3-7-19(16)22/h2-3,5,7-9,13-14,18H,4,6,10-12,15H2,1H3,(H,24,25)/b9-8+/t18-/m1/s1. The Morgan fingerprint density at radius 2 is 2.21 bits per heavy atom. The molecule has 1 fully saturated rings. The summed E-state index contributed by atoms with van der Waals surface area (Å²) in [5.74, 6) is 0.142. The fraction of sp³-hybridized carbons (Fsp3) is 0.381. The summed E-state index contributed by atoms with van der Waals surface area (Å²) < 4.78 is 18.3. The Morgan fingerprint density at radius 1 is 1.36 bits per heavy atom. The van der Waals surface area contributed by atoms with Crippen molar-refractivity contribution in [2.75, 3.05) is 32.1 Å². The third kappa shape index (κ3) is 5.85. The van der Waals surface area contributed by atoms with Crippen molar-refractivity contribution in [1.82, 2.24) is 14.9 Å². The van der Waals surface area contributed by atoms with Crippen LogP contribution in [0.15, 0.2) is 42.7 Å². The van der Waals surface area contributed by atoms with Gasteiger partial charge in [-0.15, -0.1) is 0 Å². The number of carbonyl (C=O) groups excluding carboxylic acids is 1. The molecule has 6 nitrogen and oxygen atoms in total. The van der Waals surface area contributed by atoms with Gasteiger partial charge in [0.25, 0.3) is 0 Å². The average Bonchev–Trinajstić information content (AvgIpc) is 2.73. The fourth-order valence-corrected chi connectivity index (χ4v) is 3.29. The number of carbonyl (C=O) groups is 1. The van der Waals surface area contributed by atoms with Gasteiger partial charge >= 0.3 is 5.97 Å². The molecule has 0 amide bonds. The number of nitrogens with one attached hydrogen (secondary N) is 1. The normalized spacial score (nSPS) is 17.6. The molecule has 0 bridgehead atoms. The topological polar surface area (TPSA) is 67.3 Å². The molecule has 1 aliphatic heterocycles. The van der Waals surface area contributed by atoms with Crippen LogP contribution in [0.2, 0.25) is 0 Å². The highest BCUT2D eigenvalue weighted by Gasteiger charge is 2.20. The van der Waals surface area contributed by atoms with Crippen LogP contribution in [0.1, 0.15) is 24.1 Å². The molecule has 1 N–H and O–H groups in total. The summed E-state index contributed by atoms with van der Waals surface area (Å²) in [5, 5.41) is 3.42. The van der Waals surface area contributed by atoms with E-state index in [0.717, 1.165) is 38.0 Å². The highest BCUT2D eigenvalue weighted by molar-refractivity contribution is 5.86. The molecule has 3 rings (SSSR count). The highest BCUT2D eigenvalue weighted by Crippen LogP contribution is 2.16. The van der Waals surface area contributed by atoms with Crippen molar-refractivity contribution in [3.8, 4) is 0 Å². The number of methoxy groups -OCH3 is 1. The molecule has 0 aliphatic carbocycles. The van der Waals surface area contributed by atoms with E-state index in [0.29, 0.717) is 17.9 Å². The number of anilines is 1. The molecule has 1 saturated heterocycles. The molecule has 148 valence electrons. The quantitative estimate of drug-likeness (QED) is 0.585. The molecular weight excluding hydrogens is 359 g/mol. The van der Waals surface area contributed by atoms with Crippen molar-refractivity contribution >= 4 is 17.9 Å². The van der Waals surface area contributed by atoms with E-state index in [9.17, 15) is 9.18 Å². The molecule has 0 radical (unpaired) electrons. The van der Waals surface area contributed by atoms with E-state index >= 15 is 0 Å². The first-order valence-corrected chi connectivity index (χ1v) is 9.44. The van der Waals surface area contributed by atoms with Gasteiger partial charge in [0.2, 0.25) is 0 Å². The molecule has 0 spiro atoms. The maximum absolute atomic E-state index is 13.8. The lowest BCUT2D eigenvalue weighted by Crippen LogP contribution is -2.43. The Hall–Kier alpha value is -2.80. The highest BCUT2D eigenvalue weighted by atomic mass is 19.1. The molecule has 2 heterocycles. The van der Waals surface area contributed by atoms with E-state index in [-0.39, 0.29) is 11.9 Å². The van der Waals surface area contributed by atoms with E-state index in [4.69, 9.17) is 0 Å². The summed E-state index contributed by atoms with van der Waals surface area (Å²) in [7, 11) is 1.33. The number of aromatic nitrogens is 2. The van der Waals surface area contributed by atoms with Crippen molar-refractivity contribution in [1.29, 1.82) is 0 Å². The van der Waals surface area contributed by atoms with Crippen LogP contribution in [0, 0.1) is 5.82 Å². The van der Waals surface area contributed by atoms with Gasteiger partial charge in [0.1, 0.15) is 11.6 Å². The summed E-state index contributed by atoms with van der Waals surface area (Å²) in [5.41, 5.74) is 1.35. The Morgan fingerprint density at radius 3 is 2.96 bits per heavy atom. The van der Waals surface area contributed by atoms with Crippen LogP contribution < -0.4 is 5.32 Å². The van der Waals surface area contributed by atoms with Crippen molar-refractivity contribution in [3.63, 3.8) is 0 Å². The predicted octanol–water partition coefficient (Wildman–Crippen LogP) is 2.92. The lowest BCUT2D eigenvalue weighted by molar-refractivity contribution is -0.134. The Balaban J connectivity index is 1.50. The van der Waals surface area contributed by atoms with Crippen molar-refractivity contribution < 1.29 is 13.9 Å². The second-order valence-electron chi connectivity index (χ2n) is 6.81.